The summed E-state index contributed by atoms with van der Waals surface area (Å²) >= 11 is 0. The van der Waals surface area contributed by atoms with Crippen molar-refractivity contribution in [2.45, 2.75) is 77.3 Å². The number of nitrogens with two attached hydrogens (primary N) is 1. The molecule has 3 amide bonds. The fraction of sp³-hybridized carbons (Fsp3) is 0.905. The fourth-order valence-electron chi connectivity index (χ4n) is 5.35. The highest BCUT2D eigenvalue weighted by atomic mass is 16.2. The van der Waals surface area contributed by atoms with Gasteiger partial charge in [-0.2, -0.15) is 0 Å². The lowest BCUT2D eigenvalue weighted by Crippen LogP contribution is -2.54. The number of hydrogen-bond donors (Lipinski definition) is 3. The minimum atomic E-state index is 0.0182. The summed E-state index contributed by atoms with van der Waals surface area (Å²) in [5.41, 5.74) is 6.20. The lowest BCUT2D eigenvalue weighted by molar-refractivity contribution is -0.124. The molecule has 1 heterocycles. The molecule has 0 spiro atoms. The van der Waals surface area contributed by atoms with E-state index >= 15 is 0 Å². The molecule has 4 N–H and O–H groups in total. The maximum Gasteiger partial charge on any atom is 0.317 e. The van der Waals surface area contributed by atoms with E-state index in [0.29, 0.717) is 49.3 Å². The van der Waals surface area contributed by atoms with Crippen LogP contribution in [0.3, 0.4) is 0 Å². The topological polar surface area (TPSA) is 87.5 Å². The number of nitrogens with zero attached hydrogens (tertiary/aromatic N) is 1. The molecule has 27 heavy (non-hydrogen) atoms. The summed E-state index contributed by atoms with van der Waals surface area (Å²) in [6.07, 6.45) is 8.32. The molecular weight excluding hydrogens is 340 g/mol. The smallest absolute Gasteiger partial charge is 0.317 e. The van der Waals surface area contributed by atoms with Crippen LogP contribution in [-0.4, -0.2) is 48.6 Å². The molecule has 3 rings (SSSR count). The van der Waals surface area contributed by atoms with E-state index in [1.54, 1.807) is 0 Å². The molecule has 3 atom stereocenters. The summed E-state index contributed by atoms with van der Waals surface area (Å²) in [4.78, 5) is 26.9. The van der Waals surface area contributed by atoms with Crippen LogP contribution < -0.4 is 16.4 Å². The Morgan fingerprint density at radius 1 is 1.11 bits per heavy atom. The van der Waals surface area contributed by atoms with E-state index in [1.165, 1.54) is 19.3 Å². The van der Waals surface area contributed by atoms with Gasteiger partial charge in [-0.3, -0.25) is 4.79 Å². The van der Waals surface area contributed by atoms with E-state index in [0.717, 1.165) is 32.2 Å². The first kappa shape index (κ1) is 20.4. The molecule has 3 fully saturated rings. The molecule has 6 nitrogen and oxygen atoms in total. The lowest BCUT2D eigenvalue weighted by Gasteiger charge is -2.45. The zero-order valence-corrected chi connectivity index (χ0v) is 17.1. The molecular formula is C21H38N4O2. The predicted octanol–water partition coefficient (Wildman–Crippen LogP) is 2.48. The molecule has 2 aliphatic carbocycles. The van der Waals surface area contributed by atoms with Gasteiger partial charge < -0.3 is 21.3 Å². The number of hydrogen-bond acceptors (Lipinski definition) is 3. The van der Waals surface area contributed by atoms with Crippen LogP contribution in [0, 0.1) is 23.7 Å². The van der Waals surface area contributed by atoms with Crippen LogP contribution in [0.4, 0.5) is 4.79 Å². The number of amides is 3. The van der Waals surface area contributed by atoms with E-state index in [2.05, 4.69) is 24.5 Å². The Hall–Kier alpha value is -1.30. The first-order valence-electron chi connectivity index (χ1n) is 11.0. The number of carbonyl (C=O) groups excluding carboxylic acids is 2. The highest BCUT2D eigenvalue weighted by Crippen LogP contribution is 2.39. The number of nitrogens with one attached hydrogen (secondary N) is 2. The molecule has 1 aliphatic heterocycles. The second kappa shape index (κ2) is 9.26. The molecule has 3 aliphatic rings. The minimum absolute atomic E-state index is 0.0182. The molecule has 6 heteroatoms. The number of piperidine rings is 1. The van der Waals surface area contributed by atoms with Gasteiger partial charge in [0.15, 0.2) is 0 Å². The summed E-state index contributed by atoms with van der Waals surface area (Å²) < 4.78 is 0. The summed E-state index contributed by atoms with van der Waals surface area (Å²) in [6, 6.07) is 0.648. The van der Waals surface area contributed by atoms with Gasteiger partial charge in [-0.25, -0.2) is 4.79 Å². The van der Waals surface area contributed by atoms with Gasteiger partial charge in [0.05, 0.1) is 0 Å². The van der Waals surface area contributed by atoms with Crippen LogP contribution in [0.1, 0.15) is 65.2 Å². The van der Waals surface area contributed by atoms with Gasteiger partial charge in [-0.05, 0) is 62.2 Å². The van der Waals surface area contributed by atoms with Crippen LogP contribution >= 0.6 is 0 Å². The first-order valence-corrected chi connectivity index (χ1v) is 11.0. The van der Waals surface area contributed by atoms with Crippen molar-refractivity contribution in [3.8, 4) is 0 Å². The van der Waals surface area contributed by atoms with Crippen LogP contribution in [0.15, 0.2) is 0 Å². The molecule has 3 unspecified atom stereocenters. The summed E-state index contributed by atoms with van der Waals surface area (Å²) in [7, 11) is 0. The van der Waals surface area contributed by atoms with Gasteiger partial charge in [0.2, 0.25) is 5.91 Å². The van der Waals surface area contributed by atoms with Crippen molar-refractivity contribution < 1.29 is 9.59 Å². The van der Waals surface area contributed by atoms with Gasteiger partial charge in [0.25, 0.3) is 0 Å². The fourth-order valence-corrected chi connectivity index (χ4v) is 5.35. The monoisotopic (exact) mass is 378 g/mol. The van der Waals surface area contributed by atoms with E-state index in [4.69, 9.17) is 5.73 Å². The van der Waals surface area contributed by atoms with Crippen molar-refractivity contribution in [1.82, 2.24) is 15.5 Å². The number of rotatable bonds is 5. The Kier molecular flexibility index (Phi) is 7.01. The number of likely N-dealkylation sites (tertiary alicyclic amines) is 1. The molecule has 0 aromatic heterocycles. The first-order chi connectivity index (χ1) is 12.9. The van der Waals surface area contributed by atoms with Crippen LogP contribution in [0.25, 0.3) is 0 Å². The SMILES string of the molecule is CC(C)CNC(=O)N1CCCC(CC(=O)NC2C3CCCC2CC(N)C3)C1. The molecule has 1 saturated heterocycles. The molecule has 2 bridgehead atoms. The standard InChI is InChI=1S/C21H38N4O2/c1-14(2)12-23-21(27)25-8-4-5-15(13-25)9-19(26)24-20-16-6-3-7-17(20)11-18(22)10-16/h14-18,20H,3-13,22H2,1-2H3,(H,23,27)(H,24,26). The molecule has 2 saturated carbocycles. The highest BCUT2D eigenvalue weighted by molar-refractivity contribution is 5.77. The van der Waals surface area contributed by atoms with Crippen molar-refractivity contribution in [1.29, 1.82) is 0 Å². The van der Waals surface area contributed by atoms with Gasteiger partial charge in [-0.15, -0.1) is 0 Å². The number of carbonyl (C=O) groups is 2. The van der Waals surface area contributed by atoms with E-state index in [-0.39, 0.29) is 17.9 Å². The average molecular weight is 379 g/mol. The molecule has 0 radical (unpaired) electrons. The Balaban J connectivity index is 1.47. The van der Waals surface area contributed by atoms with E-state index in [1.807, 2.05) is 4.90 Å². The Labute approximate surface area is 164 Å². The second-order valence-electron chi connectivity index (χ2n) is 9.51. The third-order valence-electron chi connectivity index (χ3n) is 6.65. The van der Waals surface area contributed by atoms with Gasteiger partial charge >= 0.3 is 6.03 Å². The summed E-state index contributed by atoms with van der Waals surface area (Å²) in [6.45, 7) is 6.38. The third kappa shape index (κ3) is 5.59. The molecule has 0 aromatic carbocycles. The number of urea groups is 1. The Bertz CT molecular complexity index is 510. The van der Waals surface area contributed by atoms with Crippen molar-refractivity contribution in [2.24, 2.45) is 29.4 Å². The Morgan fingerprint density at radius 3 is 2.48 bits per heavy atom. The van der Waals surface area contributed by atoms with Crippen LogP contribution in [0.2, 0.25) is 0 Å². The summed E-state index contributed by atoms with van der Waals surface area (Å²) in [5.74, 6) is 2.00. The molecule has 0 aromatic rings. The number of fused-ring (bicyclic) bond motifs is 2. The quantitative estimate of drug-likeness (QED) is 0.687. The molecule has 154 valence electrons. The van der Waals surface area contributed by atoms with E-state index in [9.17, 15) is 9.59 Å². The maximum absolute atomic E-state index is 12.7. The summed E-state index contributed by atoms with van der Waals surface area (Å²) in [5, 5.41) is 6.36. The highest BCUT2D eigenvalue weighted by Gasteiger charge is 2.40. The minimum Gasteiger partial charge on any atom is -0.353 e. The zero-order valence-electron chi connectivity index (χ0n) is 17.1. The van der Waals surface area contributed by atoms with Crippen molar-refractivity contribution in [2.75, 3.05) is 19.6 Å². The van der Waals surface area contributed by atoms with Crippen molar-refractivity contribution in [3.63, 3.8) is 0 Å². The maximum atomic E-state index is 12.7. The van der Waals surface area contributed by atoms with Gasteiger partial charge in [0.1, 0.15) is 0 Å². The zero-order chi connectivity index (χ0) is 19.4. The van der Waals surface area contributed by atoms with Gasteiger partial charge in [0, 0.05) is 38.1 Å². The average Bonchev–Trinajstić information content (AvgIpc) is 2.60. The van der Waals surface area contributed by atoms with Crippen molar-refractivity contribution in [3.05, 3.63) is 0 Å². The van der Waals surface area contributed by atoms with E-state index < -0.39 is 0 Å². The largest absolute Gasteiger partial charge is 0.353 e. The second-order valence-corrected chi connectivity index (χ2v) is 9.51. The normalized spacial score (nSPS) is 33.6. The van der Waals surface area contributed by atoms with Crippen LogP contribution in [0.5, 0.6) is 0 Å². The lowest BCUT2D eigenvalue weighted by atomic mass is 9.67. The Morgan fingerprint density at radius 2 is 1.81 bits per heavy atom. The van der Waals surface area contributed by atoms with Crippen molar-refractivity contribution >= 4 is 11.9 Å². The van der Waals surface area contributed by atoms with Gasteiger partial charge in [-0.1, -0.05) is 20.3 Å². The van der Waals surface area contributed by atoms with Crippen LogP contribution in [-0.2, 0) is 4.79 Å². The predicted molar refractivity (Wildman–Crippen MR) is 107 cm³/mol. The third-order valence-corrected chi connectivity index (χ3v) is 6.65.